The van der Waals surface area contributed by atoms with Gasteiger partial charge >= 0.3 is 0 Å². The maximum atomic E-state index is 5.96. The number of nitrogens with one attached hydrogen (secondary N) is 1. The molecule has 20 heavy (non-hydrogen) atoms. The first kappa shape index (κ1) is 15.6. The predicted molar refractivity (Wildman–Crippen MR) is 83.6 cm³/mol. The molecule has 0 unspecified atom stereocenters. The van der Waals surface area contributed by atoms with E-state index in [9.17, 15) is 0 Å². The molecule has 0 aliphatic heterocycles. The summed E-state index contributed by atoms with van der Waals surface area (Å²) in [6.45, 7) is 14.0. The van der Waals surface area contributed by atoms with Crippen molar-refractivity contribution in [3.05, 3.63) is 23.7 Å². The van der Waals surface area contributed by atoms with Crippen LogP contribution < -0.4 is 5.32 Å². The minimum atomic E-state index is 0.128. The molecule has 0 radical (unpaired) electrons. The van der Waals surface area contributed by atoms with Crippen molar-refractivity contribution in [3.8, 4) is 0 Å². The summed E-state index contributed by atoms with van der Waals surface area (Å²) in [6.07, 6.45) is 2.81. The first-order valence-corrected chi connectivity index (χ1v) is 7.90. The Morgan fingerprint density at radius 2 is 1.90 bits per heavy atom. The molecule has 1 aromatic heterocycles. The van der Waals surface area contributed by atoms with E-state index >= 15 is 0 Å². The van der Waals surface area contributed by atoms with Gasteiger partial charge in [0.15, 0.2) is 0 Å². The quantitative estimate of drug-likeness (QED) is 0.822. The van der Waals surface area contributed by atoms with E-state index in [0.717, 1.165) is 30.5 Å². The van der Waals surface area contributed by atoms with Gasteiger partial charge in [-0.1, -0.05) is 0 Å². The van der Waals surface area contributed by atoms with Crippen LogP contribution in [0.2, 0.25) is 0 Å². The lowest BCUT2D eigenvalue weighted by Gasteiger charge is -2.25. The van der Waals surface area contributed by atoms with Crippen molar-refractivity contribution >= 4 is 0 Å². The van der Waals surface area contributed by atoms with Crippen molar-refractivity contribution < 1.29 is 4.42 Å². The molecule has 0 aromatic carbocycles. The standard InChI is InChI=1S/C17H30N2O/c1-13(2)19(11-14-6-7-14)12-16-9-8-15(20-16)10-18-17(3,4)5/h8-9,13-14,18H,6-7,10-12H2,1-5H3. The first-order chi connectivity index (χ1) is 9.33. The summed E-state index contributed by atoms with van der Waals surface area (Å²) in [6, 6.07) is 4.81. The fourth-order valence-corrected chi connectivity index (χ4v) is 2.24. The Labute approximate surface area is 123 Å². The van der Waals surface area contributed by atoms with Crippen LogP contribution in [-0.4, -0.2) is 23.0 Å². The maximum absolute atomic E-state index is 5.96. The van der Waals surface area contributed by atoms with Crippen LogP contribution in [0.5, 0.6) is 0 Å². The minimum Gasteiger partial charge on any atom is -0.463 e. The molecule has 1 saturated carbocycles. The van der Waals surface area contributed by atoms with Crippen molar-refractivity contribution in [2.75, 3.05) is 6.54 Å². The zero-order chi connectivity index (χ0) is 14.8. The molecule has 1 N–H and O–H groups in total. The SMILES string of the molecule is CC(C)N(Cc1ccc(CNC(C)(C)C)o1)CC1CC1. The molecule has 0 spiro atoms. The Morgan fingerprint density at radius 1 is 1.25 bits per heavy atom. The van der Waals surface area contributed by atoms with Crippen molar-refractivity contribution in [1.29, 1.82) is 0 Å². The van der Waals surface area contributed by atoms with Crippen LogP contribution in [0.1, 0.15) is 59.0 Å². The van der Waals surface area contributed by atoms with Crippen LogP contribution in [0.15, 0.2) is 16.5 Å². The second-order valence-corrected chi connectivity index (χ2v) is 7.44. The summed E-state index contributed by atoms with van der Waals surface area (Å²) in [4.78, 5) is 2.53. The van der Waals surface area contributed by atoms with Gasteiger partial charge in [-0.2, -0.15) is 0 Å². The molecule has 0 bridgehead atoms. The summed E-state index contributed by atoms with van der Waals surface area (Å²) in [7, 11) is 0. The van der Waals surface area contributed by atoms with E-state index in [1.165, 1.54) is 19.4 Å². The van der Waals surface area contributed by atoms with Crippen LogP contribution in [0, 0.1) is 5.92 Å². The smallest absolute Gasteiger partial charge is 0.118 e. The van der Waals surface area contributed by atoms with E-state index in [-0.39, 0.29) is 5.54 Å². The summed E-state index contributed by atoms with van der Waals surface area (Å²) in [5.41, 5.74) is 0.128. The number of rotatable bonds is 7. The lowest BCUT2D eigenvalue weighted by Crippen LogP contribution is -2.34. The van der Waals surface area contributed by atoms with Gasteiger partial charge in [0, 0.05) is 18.1 Å². The lowest BCUT2D eigenvalue weighted by atomic mass is 10.1. The summed E-state index contributed by atoms with van der Waals surface area (Å²) in [5, 5.41) is 3.46. The second-order valence-electron chi connectivity index (χ2n) is 7.44. The van der Waals surface area contributed by atoms with Gasteiger partial charge in [-0.3, -0.25) is 4.90 Å². The molecule has 3 nitrogen and oxygen atoms in total. The number of furan rings is 1. The molecule has 1 fully saturated rings. The highest BCUT2D eigenvalue weighted by Crippen LogP contribution is 2.30. The maximum Gasteiger partial charge on any atom is 0.118 e. The van der Waals surface area contributed by atoms with Crippen LogP contribution >= 0.6 is 0 Å². The predicted octanol–water partition coefficient (Wildman–Crippen LogP) is 3.79. The first-order valence-electron chi connectivity index (χ1n) is 7.90. The normalized spacial score (nSPS) is 16.4. The van der Waals surface area contributed by atoms with Gasteiger partial charge in [0.1, 0.15) is 11.5 Å². The zero-order valence-electron chi connectivity index (χ0n) is 13.7. The van der Waals surface area contributed by atoms with Crippen LogP contribution in [0.3, 0.4) is 0 Å². The molecule has 2 rings (SSSR count). The molecule has 1 aliphatic carbocycles. The zero-order valence-corrected chi connectivity index (χ0v) is 13.7. The molecule has 0 atom stereocenters. The number of hydrogen-bond donors (Lipinski definition) is 1. The largest absolute Gasteiger partial charge is 0.463 e. The van der Waals surface area contributed by atoms with Crippen molar-refractivity contribution in [1.82, 2.24) is 10.2 Å². The fraction of sp³-hybridized carbons (Fsp3) is 0.765. The minimum absolute atomic E-state index is 0.128. The topological polar surface area (TPSA) is 28.4 Å². The third kappa shape index (κ3) is 5.29. The Morgan fingerprint density at radius 3 is 2.45 bits per heavy atom. The van der Waals surface area contributed by atoms with E-state index in [0.29, 0.717) is 6.04 Å². The number of nitrogens with zero attached hydrogens (tertiary/aromatic N) is 1. The molecule has 3 heteroatoms. The molecular formula is C17H30N2O. The highest BCUT2D eigenvalue weighted by molar-refractivity contribution is 5.07. The van der Waals surface area contributed by atoms with E-state index in [4.69, 9.17) is 4.42 Å². The van der Waals surface area contributed by atoms with Gasteiger partial charge in [0.2, 0.25) is 0 Å². The third-order valence-corrected chi connectivity index (χ3v) is 3.79. The monoisotopic (exact) mass is 278 g/mol. The average Bonchev–Trinajstić information content (AvgIpc) is 3.03. The van der Waals surface area contributed by atoms with Crippen molar-refractivity contribution in [2.24, 2.45) is 5.92 Å². The molecule has 114 valence electrons. The van der Waals surface area contributed by atoms with Gasteiger partial charge in [0.25, 0.3) is 0 Å². The fourth-order valence-electron chi connectivity index (χ4n) is 2.24. The molecule has 1 aliphatic rings. The van der Waals surface area contributed by atoms with Gasteiger partial charge in [-0.15, -0.1) is 0 Å². The van der Waals surface area contributed by atoms with E-state index in [1.54, 1.807) is 0 Å². The Bertz CT molecular complexity index is 413. The van der Waals surface area contributed by atoms with Gasteiger partial charge in [0.05, 0.1) is 13.1 Å². The van der Waals surface area contributed by atoms with Crippen LogP contribution in [0.4, 0.5) is 0 Å². The van der Waals surface area contributed by atoms with Gasteiger partial charge in [-0.25, -0.2) is 0 Å². The third-order valence-electron chi connectivity index (χ3n) is 3.79. The summed E-state index contributed by atoms with van der Waals surface area (Å²) < 4.78 is 5.96. The van der Waals surface area contributed by atoms with E-state index < -0.39 is 0 Å². The van der Waals surface area contributed by atoms with Gasteiger partial charge in [-0.05, 0) is 65.5 Å². The molecule has 1 aromatic rings. The van der Waals surface area contributed by atoms with E-state index in [2.05, 4.69) is 57.0 Å². The summed E-state index contributed by atoms with van der Waals surface area (Å²) >= 11 is 0. The Balaban J connectivity index is 1.86. The number of hydrogen-bond acceptors (Lipinski definition) is 3. The van der Waals surface area contributed by atoms with Crippen LogP contribution in [0.25, 0.3) is 0 Å². The highest BCUT2D eigenvalue weighted by atomic mass is 16.3. The summed E-state index contributed by atoms with van der Waals surface area (Å²) in [5.74, 6) is 3.05. The van der Waals surface area contributed by atoms with Crippen LogP contribution in [-0.2, 0) is 13.1 Å². The van der Waals surface area contributed by atoms with Crippen molar-refractivity contribution in [3.63, 3.8) is 0 Å². The Hall–Kier alpha value is -0.800. The lowest BCUT2D eigenvalue weighted by molar-refractivity contribution is 0.186. The average molecular weight is 278 g/mol. The second kappa shape index (κ2) is 6.31. The van der Waals surface area contributed by atoms with E-state index in [1.807, 2.05) is 0 Å². The Kier molecular flexibility index (Phi) is 4.92. The molecule has 0 saturated heterocycles. The highest BCUT2D eigenvalue weighted by Gasteiger charge is 2.26. The molecule has 0 amide bonds. The van der Waals surface area contributed by atoms with Gasteiger partial charge < -0.3 is 9.73 Å². The molecule has 1 heterocycles. The van der Waals surface area contributed by atoms with Crippen molar-refractivity contribution in [2.45, 2.75) is 72.1 Å². The molecular weight excluding hydrogens is 248 g/mol.